The number of rotatable bonds is 5. The Bertz CT molecular complexity index is 1200. The molecule has 10 nitrogen and oxygen atoms in total. The third kappa shape index (κ3) is 5.10. The van der Waals surface area contributed by atoms with Crippen molar-refractivity contribution in [3.05, 3.63) is 45.9 Å². The van der Waals surface area contributed by atoms with Gasteiger partial charge in [-0.3, -0.25) is 19.9 Å². The Balaban J connectivity index is 1.57. The van der Waals surface area contributed by atoms with Crippen LogP contribution in [0.3, 0.4) is 0 Å². The summed E-state index contributed by atoms with van der Waals surface area (Å²) in [5.41, 5.74) is 2.13. The van der Waals surface area contributed by atoms with Gasteiger partial charge in [0.2, 0.25) is 10.1 Å². The summed E-state index contributed by atoms with van der Waals surface area (Å²) in [6.07, 6.45) is 3.61. The van der Waals surface area contributed by atoms with Crippen molar-refractivity contribution in [3.8, 4) is 16.9 Å². The van der Waals surface area contributed by atoms with Crippen molar-refractivity contribution in [2.45, 2.75) is 25.9 Å². The monoisotopic (exact) mass is 488 g/mol. The number of methoxy groups -OCH3 is 1. The maximum atomic E-state index is 13.1. The van der Waals surface area contributed by atoms with E-state index >= 15 is 0 Å². The summed E-state index contributed by atoms with van der Waals surface area (Å²) in [7, 11) is 1.50. The van der Waals surface area contributed by atoms with Crippen LogP contribution in [0.25, 0.3) is 11.1 Å². The Morgan fingerprint density at radius 3 is 2.67 bits per heavy atom. The summed E-state index contributed by atoms with van der Waals surface area (Å²) in [5, 5.41) is 20.8. The van der Waals surface area contributed by atoms with Crippen LogP contribution in [0.15, 0.2) is 24.5 Å². The molecule has 1 aliphatic heterocycles. The van der Waals surface area contributed by atoms with Crippen LogP contribution >= 0.6 is 22.9 Å². The number of aliphatic hydroxyl groups excluding tert-OH is 1. The minimum atomic E-state index is -0.469. The molecule has 0 atom stereocenters. The topological polar surface area (TPSA) is 130 Å². The molecule has 2 N–H and O–H groups in total. The van der Waals surface area contributed by atoms with Crippen LogP contribution in [-0.4, -0.2) is 68.3 Å². The number of hydrogen-bond acceptors (Lipinski definition) is 9. The van der Waals surface area contributed by atoms with E-state index in [0.717, 1.165) is 11.3 Å². The number of aromatic nitrogens is 4. The lowest BCUT2D eigenvalue weighted by Crippen LogP contribution is -2.40. The molecule has 0 aliphatic carbocycles. The van der Waals surface area contributed by atoms with Gasteiger partial charge in [-0.1, -0.05) is 22.9 Å². The molecule has 0 unspecified atom stereocenters. The average Bonchev–Trinajstić information content (AvgIpc) is 3.27. The lowest BCUT2D eigenvalue weighted by atomic mass is 10.0. The third-order valence-electron chi connectivity index (χ3n) is 5.21. The summed E-state index contributed by atoms with van der Waals surface area (Å²) < 4.78 is 5.39. The quantitative estimate of drug-likeness (QED) is 0.524. The molecule has 4 heterocycles. The van der Waals surface area contributed by atoms with E-state index in [1.54, 1.807) is 17.0 Å². The molecule has 33 heavy (non-hydrogen) atoms. The predicted octanol–water partition coefficient (Wildman–Crippen LogP) is 2.81. The minimum Gasteiger partial charge on any atom is -0.494 e. The SMILES string of the molecule is COc1cnc(Cl)cc1-c1cc(C)ncc1C(=O)Nc1nnc(C(=O)N2CCC(O)CC2)s1. The molecule has 1 aliphatic rings. The number of hydrogen-bond donors (Lipinski definition) is 2. The molecule has 1 saturated heterocycles. The molecular weight excluding hydrogens is 468 g/mol. The van der Waals surface area contributed by atoms with Crippen molar-refractivity contribution in [1.29, 1.82) is 0 Å². The van der Waals surface area contributed by atoms with Crippen LogP contribution in [0, 0.1) is 6.92 Å². The van der Waals surface area contributed by atoms with E-state index < -0.39 is 5.91 Å². The highest BCUT2D eigenvalue weighted by atomic mass is 35.5. The van der Waals surface area contributed by atoms with Crippen LogP contribution in [0.4, 0.5) is 5.13 Å². The van der Waals surface area contributed by atoms with Crippen molar-refractivity contribution in [2.75, 3.05) is 25.5 Å². The Morgan fingerprint density at radius 1 is 1.18 bits per heavy atom. The smallest absolute Gasteiger partial charge is 0.284 e. The van der Waals surface area contributed by atoms with Gasteiger partial charge in [-0.25, -0.2) is 4.98 Å². The molecule has 3 aromatic heterocycles. The van der Waals surface area contributed by atoms with E-state index in [-0.39, 0.29) is 32.9 Å². The lowest BCUT2D eigenvalue weighted by Gasteiger charge is -2.28. The fourth-order valence-electron chi connectivity index (χ4n) is 3.48. The fraction of sp³-hybridized carbons (Fsp3) is 0.333. The zero-order valence-electron chi connectivity index (χ0n) is 17.9. The zero-order valence-corrected chi connectivity index (χ0v) is 19.5. The predicted molar refractivity (Wildman–Crippen MR) is 123 cm³/mol. The first-order valence-electron chi connectivity index (χ1n) is 10.1. The molecule has 2 amide bonds. The van der Waals surface area contributed by atoms with E-state index in [1.807, 2.05) is 6.92 Å². The van der Waals surface area contributed by atoms with E-state index in [0.29, 0.717) is 48.5 Å². The maximum absolute atomic E-state index is 13.1. The number of nitrogens with zero attached hydrogens (tertiary/aromatic N) is 5. The number of carbonyl (C=O) groups excluding carboxylic acids is 2. The van der Waals surface area contributed by atoms with Gasteiger partial charge in [0.05, 0.1) is 25.0 Å². The Morgan fingerprint density at radius 2 is 1.94 bits per heavy atom. The van der Waals surface area contributed by atoms with Gasteiger partial charge < -0.3 is 14.7 Å². The van der Waals surface area contributed by atoms with Crippen LogP contribution in [0.5, 0.6) is 5.75 Å². The molecule has 0 bridgehead atoms. The Hall–Kier alpha value is -3.15. The molecule has 0 saturated carbocycles. The van der Waals surface area contributed by atoms with Crippen molar-refractivity contribution < 1.29 is 19.4 Å². The first-order chi connectivity index (χ1) is 15.9. The summed E-state index contributed by atoms with van der Waals surface area (Å²) >= 11 is 7.07. The van der Waals surface area contributed by atoms with Crippen LogP contribution in [0.2, 0.25) is 5.15 Å². The molecule has 0 spiro atoms. The number of likely N-dealkylation sites (tertiary alicyclic amines) is 1. The van der Waals surface area contributed by atoms with Gasteiger partial charge in [0.15, 0.2) is 0 Å². The van der Waals surface area contributed by atoms with Gasteiger partial charge in [0.25, 0.3) is 11.8 Å². The van der Waals surface area contributed by atoms with Crippen molar-refractivity contribution in [1.82, 2.24) is 25.1 Å². The summed E-state index contributed by atoms with van der Waals surface area (Å²) in [4.78, 5) is 35.6. The van der Waals surface area contributed by atoms with Gasteiger partial charge in [-0.05, 0) is 31.9 Å². The third-order valence-corrected chi connectivity index (χ3v) is 6.24. The largest absolute Gasteiger partial charge is 0.494 e. The molecule has 4 rings (SSSR count). The second-order valence-corrected chi connectivity index (χ2v) is 8.83. The second-order valence-electron chi connectivity index (χ2n) is 7.47. The number of ether oxygens (including phenoxy) is 1. The Labute approximate surface area is 198 Å². The molecule has 12 heteroatoms. The first kappa shape index (κ1) is 23.0. The van der Waals surface area contributed by atoms with Gasteiger partial charge in [0, 0.05) is 36.1 Å². The second kappa shape index (κ2) is 9.77. The standard InChI is InChI=1S/C21H21ClN6O4S/c1-11-7-13(14-8-17(22)24-10-16(14)32-2)15(9-23-11)18(30)25-21-27-26-19(33-21)20(31)28-5-3-12(29)4-6-28/h7-10,12,29H,3-6H2,1-2H3,(H,25,27,30). The molecule has 172 valence electrons. The number of aliphatic hydroxyl groups is 1. The van der Waals surface area contributed by atoms with E-state index in [9.17, 15) is 14.7 Å². The highest BCUT2D eigenvalue weighted by Gasteiger charge is 2.26. The fourth-order valence-corrected chi connectivity index (χ4v) is 4.35. The van der Waals surface area contributed by atoms with Gasteiger partial charge in [-0.15, -0.1) is 10.2 Å². The van der Waals surface area contributed by atoms with E-state index in [2.05, 4.69) is 25.5 Å². The molecule has 3 aromatic rings. The van der Waals surface area contributed by atoms with E-state index in [1.165, 1.54) is 19.5 Å². The molecule has 0 radical (unpaired) electrons. The molecule has 0 aromatic carbocycles. The summed E-state index contributed by atoms with van der Waals surface area (Å²) in [6, 6.07) is 3.37. The van der Waals surface area contributed by atoms with Crippen molar-refractivity contribution in [3.63, 3.8) is 0 Å². The van der Waals surface area contributed by atoms with Gasteiger partial charge in [0.1, 0.15) is 10.9 Å². The number of anilines is 1. The minimum absolute atomic E-state index is 0.173. The number of piperidine rings is 1. The molecular formula is C21H21ClN6O4S. The number of aryl methyl sites for hydroxylation is 1. The van der Waals surface area contributed by atoms with Crippen LogP contribution in [-0.2, 0) is 0 Å². The number of pyridine rings is 2. The highest BCUT2D eigenvalue weighted by Crippen LogP contribution is 2.34. The van der Waals surface area contributed by atoms with Crippen molar-refractivity contribution in [2.24, 2.45) is 0 Å². The van der Waals surface area contributed by atoms with Gasteiger partial charge >= 0.3 is 0 Å². The number of amides is 2. The van der Waals surface area contributed by atoms with Crippen LogP contribution < -0.4 is 10.1 Å². The average molecular weight is 489 g/mol. The zero-order chi connectivity index (χ0) is 23.5. The summed E-state index contributed by atoms with van der Waals surface area (Å²) in [6.45, 7) is 2.72. The Kier molecular flexibility index (Phi) is 6.82. The highest BCUT2D eigenvalue weighted by molar-refractivity contribution is 7.17. The number of carbonyl (C=O) groups is 2. The lowest BCUT2D eigenvalue weighted by molar-refractivity contribution is 0.0545. The molecule has 1 fully saturated rings. The van der Waals surface area contributed by atoms with Gasteiger partial charge in [-0.2, -0.15) is 0 Å². The normalized spacial score (nSPS) is 14.2. The summed E-state index contributed by atoms with van der Waals surface area (Å²) in [5.74, 6) is -0.285. The van der Waals surface area contributed by atoms with E-state index in [4.69, 9.17) is 16.3 Å². The maximum Gasteiger partial charge on any atom is 0.284 e. The van der Waals surface area contributed by atoms with Crippen LogP contribution in [0.1, 0.15) is 38.7 Å². The first-order valence-corrected chi connectivity index (χ1v) is 11.3. The number of halogens is 1. The van der Waals surface area contributed by atoms with Crippen molar-refractivity contribution >= 4 is 39.9 Å². The number of nitrogens with one attached hydrogen (secondary N) is 1.